The topological polar surface area (TPSA) is 63.6 Å². The molecular weight excluding hydrogens is 340 g/mol. The molecule has 154 valence electrons. The Labute approximate surface area is 164 Å². The summed E-state index contributed by atoms with van der Waals surface area (Å²) < 4.78 is 5.87. The van der Waals surface area contributed by atoms with E-state index < -0.39 is 11.5 Å². The van der Waals surface area contributed by atoms with E-state index in [2.05, 4.69) is 27.4 Å². The van der Waals surface area contributed by atoms with E-state index in [0.29, 0.717) is 18.8 Å². The first-order valence-electron chi connectivity index (χ1n) is 10.4. The lowest BCUT2D eigenvalue weighted by molar-refractivity contribution is -0.187. The number of carbonyl (C=O) groups excluding carboxylic acids is 2. The van der Waals surface area contributed by atoms with Crippen LogP contribution in [-0.4, -0.2) is 29.1 Å². The molecule has 2 aliphatic carbocycles. The second-order valence-electron chi connectivity index (χ2n) is 9.93. The Hall–Kier alpha value is -1.16. The molecule has 0 aliphatic heterocycles. The molecule has 2 rings (SSSR count). The van der Waals surface area contributed by atoms with Gasteiger partial charge in [0.25, 0.3) is 0 Å². The van der Waals surface area contributed by atoms with Crippen LogP contribution in [0.1, 0.15) is 80.1 Å². The highest BCUT2D eigenvalue weighted by atomic mass is 16.5. The molecule has 2 saturated carbocycles. The van der Waals surface area contributed by atoms with Gasteiger partial charge in [0, 0.05) is 24.2 Å². The molecule has 0 radical (unpaired) electrons. The SMILES string of the molecule is C=C[C@]1(C)C[C@@H](OC(C)=O)[C@@]2(C)C[C@](CCC(C)=O)(CCC2C)[C@@H](C)[C@@H]1O. The molecular formula is C23H38O4. The molecule has 4 heteroatoms. The number of fused-ring (bicyclic) bond motifs is 2. The molecule has 0 saturated heterocycles. The van der Waals surface area contributed by atoms with E-state index in [1.54, 1.807) is 6.92 Å². The first kappa shape index (κ1) is 22.1. The third-order valence-electron chi connectivity index (χ3n) is 8.16. The van der Waals surface area contributed by atoms with Gasteiger partial charge in [0.1, 0.15) is 11.9 Å². The number of esters is 1. The highest BCUT2D eigenvalue weighted by Crippen LogP contribution is 2.62. The van der Waals surface area contributed by atoms with Gasteiger partial charge in [-0.05, 0) is 56.3 Å². The van der Waals surface area contributed by atoms with E-state index in [4.69, 9.17) is 4.74 Å². The van der Waals surface area contributed by atoms with Crippen molar-refractivity contribution in [2.45, 2.75) is 92.3 Å². The van der Waals surface area contributed by atoms with Gasteiger partial charge in [-0.25, -0.2) is 0 Å². The number of rotatable bonds is 5. The smallest absolute Gasteiger partial charge is 0.302 e. The van der Waals surface area contributed by atoms with Crippen LogP contribution < -0.4 is 0 Å². The number of ether oxygens (including phenoxy) is 1. The summed E-state index contributed by atoms with van der Waals surface area (Å²) in [6, 6.07) is 0. The van der Waals surface area contributed by atoms with Gasteiger partial charge in [0.05, 0.1) is 6.10 Å². The number of hydrogen-bond donors (Lipinski definition) is 1. The molecule has 1 N–H and O–H groups in total. The summed E-state index contributed by atoms with van der Waals surface area (Å²) in [6.07, 6.45) is 5.75. The Morgan fingerprint density at radius 3 is 2.41 bits per heavy atom. The van der Waals surface area contributed by atoms with Gasteiger partial charge in [0.2, 0.25) is 0 Å². The molecule has 27 heavy (non-hydrogen) atoms. The third kappa shape index (κ3) is 4.01. The summed E-state index contributed by atoms with van der Waals surface area (Å²) in [5, 5.41) is 11.3. The zero-order chi connectivity index (χ0) is 20.6. The van der Waals surface area contributed by atoms with E-state index in [9.17, 15) is 14.7 Å². The van der Waals surface area contributed by atoms with Crippen molar-refractivity contribution < 1.29 is 19.4 Å². The molecule has 0 aromatic carbocycles. The second-order valence-corrected chi connectivity index (χ2v) is 9.93. The summed E-state index contributed by atoms with van der Waals surface area (Å²) in [6.45, 7) is 15.7. The minimum Gasteiger partial charge on any atom is -0.462 e. The standard InChI is InChI=1S/C23H38O4/c1-8-21(6)13-19(27-18(5)25)22(7)14-23(11-9-15(22)2,12-10-16(3)24)17(4)20(21)26/h8,15,17,19-20,26H,1,9-14H2,2-7H3/t15?,17-,19+,20-,21+,22-,23+/m0/s1. The van der Waals surface area contributed by atoms with Crippen LogP contribution in [0.5, 0.6) is 0 Å². The fourth-order valence-electron chi connectivity index (χ4n) is 5.78. The zero-order valence-corrected chi connectivity index (χ0v) is 18.0. The van der Waals surface area contributed by atoms with Crippen LogP contribution in [0.15, 0.2) is 12.7 Å². The predicted octanol–water partition coefficient (Wildman–Crippen LogP) is 4.69. The maximum Gasteiger partial charge on any atom is 0.302 e. The van der Waals surface area contributed by atoms with Gasteiger partial charge >= 0.3 is 5.97 Å². The van der Waals surface area contributed by atoms with Crippen LogP contribution >= 0.6 is 0 Å². The molecule has 7 atom stereocenters. The highest BCUT2D eigenvalue weighted by Gasteiger charge is 2.58. The van der Waals surface area contributed by atoms with Gasteiger partial charge in [-0.3, -0.25) is 4.79 Å². The molecule has 2 bridgehead atoms. The van der Waals surface area contributed by atoms with Crippen molar-refractivity contribution in [2.75, 3.05) is 0 Å². The maximum atomic E-state index is 11.9. The first-order valence-corrected chi connectivity index (χ1v) is 10.4. The van der Waals surface area contributed by atoms with Crippen LogP contribution in [0.4, 0.5) is 0 Å². The predicted molar refractivity (Wildman–Crippen MR) is 107 cm³/mol. The first-order chi connectivity index (χ1) is 12.4. The molecule has 4 nitrogen and oxygen atoms in total. The Kier molecular flexibility index (Phi) is 6.31. The largest absolute Gasteiger partial charge is 0.462 e. The number of carbonyl (C=O) groups is 2. The van der Waals surface area contributed by atoms with Crippen molar-refractivity contribution in [1.82, 2.24) is 0 Å². The number of hydrogen-bond acceptors (Lipinski definition) is 4. The maximum absolute atomic E-state index is 11.9. The Bertz CT molecular complexity index is 599. The average molecular weight is 379 g/mol. The minimum absolute atomic E-state index is 0.0463. The fourth-order valence-corrected chi connectivity index (χ4v) is 5.78. The van der Waals surface area contributed by atoms with Crippen molar-refractivity contribution in [2.24, 2.45) is 28.1 Å². The Morgan fingerprint density at radius 2 is 1.89 bits per heavy atom. The summed E-state index contributed by atoms with van der Waals surface area (Å²) in [5.41, 5.74) is -0.853. The van der Waals surface area contributed by atoms with Crippen molar-refractivity contribution in [3.05, 3.63) is 12.7 Å². The molecule has 0 spiro atoms. The monoisotopic (exact) mass is 378 g/mol. The van der Waals surface area contributed by atoms with E-state index in [-0.39, 0.29) is 34.6 Å². The molecule has 0 aromatic rings. The van der Waals surface area contributed by atoms with Crippen molar-refractivity contribution in [3.8, 4) is 0 Å². The molecule has 0 amide bonds. The lowest BCUT2D eigenvalue weighted by Crippen LogP contribution is -2.58. The quantitative estimate of drug-likeness (QED) is 0.557. The van der Waals surface area contributed by atoms with Crippen molar-refractivity contribution in [3.63, 3.8) is 0 Å². The van der Waals surface area contributed by atoms with Gasteiger partial charge in [-0.2, -0.15) is 0 Å². The summed E-state index contributed by atoms with van der Waals surface area (Å²) in [7, 11) is 0. The summed E-state index contributed by atoms with van der Waals surface area (Å²) in [5.74, 6) is 0.369. The van der Waals surface area contributed by atoms with Crippen LogP contribution in [-0.2, 0) is 14.3 Å². The Morgan fingerprint density at radius 1 is 1.26 bits per heavy atom. The molecule has 0 aromatic heterocycles. The van der Waals surface area contributed by atoms with Crippen LogP contribution in [0, 0.1) is 28.1 Å². The Balaban J connectivity index is 2.58. The van der Waals surface area contributed by atoms with Crippen molar-refractivity contribution in [1.29, 1.82) is 0 Å². The van der Waals surface area contributed by atoms with Gasteiger partial charge in [0.15, 0.2) is 0 Å². The van der Waals surface area contributed by atoms with Crippen LogP contribution in [0.3, 0.4) is 0 Å². The lowest BCUT2D eigenvalue weighted by atomic mass is 9.47. The summed E-state index contributed by atoms with van der Waals surface area (Å²) in [4.78, 5) is 23.7. The van der Waals surface area contributed by atoms with Gasteiger partial charge < -0.3 is 14.6 Å². The fraction of sp³-hybridized carbons (Fsp3) is 0.826. The third-order valence-corrected chi connectivity index (χ3v) is 8.16. The van der Waals surface area contributed by atoms with Gasteiger partial charge in [-0.15, -0.1) is 6.58 Å². The normalized spacial score (nSPS) is 44.7. The van der Waals surface area contributed by atoms with Crippen molar-refractivity contribution >= 4 is 11.8 Å². The molecule has 0 heterocycles. The van der Waals surface area contributed by atoms with Crippen LogP contribution in [0.25, 0.3) is 0 Å². The second kappa shape index (κ2) is 7.69. The lowest BCUT2D eigenvalue weighted by Gasteiger charge is -2.60. The number of ketones is 1. The average Bonchev–Trinajstić information content (AvgIpc) is 2.59. The minimum atomic E-state index is -0.585. The molecule has 2 fully saturated rings. The molecule has 1 unspecified atom stereocenters. The van der Waals surface area contributed by atoms with E-state index >= 15 is 0 Å². The van der Waals surface area contributed by atoms with E-state index in [1.807, 2.05) is 13.0 Å². The van der Waals surface area contributed by atoms with Gasteiger partial charge in [-0.1, -0.05) is 33.8 Å². The van der Waals surface area contributed by atoms with Crippen LogP contribution in [0.2, 0.25) is 0 Å². The number of Topliss-reactive ketones (excluding diaryl/α,β-unsaturated/α-hetero) is 1. The molecule has 2 aliphatic rings. The number of aliphatic hydroxyl groups excluding tert-OH is 1. The number of aliphatic hydroxyl groups is 1. The highest BCUT2D eigenvalue weighted by molar-refractivity contribution is 5.75. The van der Waals surface area contributed by atoms with E-state index in [0.717, 1.165) is 25.7 Å². The van der Waals surface area contributed by atoms with E-state index in [1.165, 1.54) is 6.92 Å². The summed E-state index contributed by atoms with van der Waals surface area (Å²) >= 11 is 0. The zero-order valence-electron chi connectivity index (χ0n) is 18.0.